The number of benzene rings is 1. The Labute approximate surface area is 112 Å². The maximum atomic E-state index is 3.29. The van der Waals surface area contributed by atoms with Crippen molar-refractivity contribution >= 4 is 0 Å². The van der Waals surface area contributed by atoms with E-state index in [9.17, 15) is 0 Å². The molecule has 1 atom stereocenters. The molecule has 1 fully saturated rings. The molecule has 1 aromatic carbocycles. The third kappa shape index (κ3) is 3.35. The summed E-state index contributed by atoms with van der Waals surface area (Å²) in [6.07, 6.45) is 4.13. The van der Waals surface area contributed by atoms with Gasteiger partial charge >= 0.3 is 0 Å². The molecule has 0 aliphatic heterocycles. The Bertz CT molecular complexity index is 368. The summed E-state index contributed by atoms with van der Waals surface area (Å²) >= 11 is 0. The molecule has 0 saturated heterocycles. The van der Waals surface area contributed by atoms with Gasteiger partial charge in [0.25, 0.3) is 0 Å². The number of hydrogen-bond donors (Lipinski definition) is 1. The molecule has 1 aliphatic carbocycles. The fourth-order valence-corrected chi connectivity index (χ4v) is 2.70. The predicted molar refractivity (Wildman–Crippen MR) is 79.2 cm³/mol. The Morgan fingerprint density at radius 3 is 2.22 bits per heavy atom. The summed E-state index contributed by atoms with van der Waals surface area (Å²) in [6.45, 7) is 7.96. The van der Waals surface area contributed by atoms with E-state index in [1.807, 2.05) is 7.05 Å². The van der Waals surface area contributed by atoms with Crippen molar-refractivity contribution in [2.75, 3.05) is 13.6 Å². The van der Waals surface area contributed by atoms with Crippen LogP contribution in [0.3, 0.4) is 0 Å². The third-order valence-electron chi connectivity index (χ3n) is 4.10. The molecule has 1 nitrogen and oxygen atoms in total. The summed E-state index contributed by atoms with van der Waals surface area (Å²) in [4.78, 5) is 0. The van der Waals surface area contributed by atoms with Crippen molar-refractivity contribution in [3.05, 3.63) is 35.4 Å². The minimum absolute atomic E-state index is 0.262. The van der Waals surface area contributed by atoms with Gasteiger partial charge in [-0.25, -0.2) is 0 Å². The lowest BCUT2D eigenvalue weighted by molar-refractivity contribution is 0.539. The first-order chi connectivity index (χ1) is 8.52. The molecule has 1 aromatic rings. The lowest BCUT2D eigenvalue weighted by Crippen LogP contribution is -2.14. The van der Waals surface area contributed by atoms with Gasteiger partial charge in [-0.2, -0.15) is 0 Å². The van der Waals surface area contributed by atoms with Crippen molar-refractivity contribution in [2.45, 2.75) is 51.4 Å². The maximum absolute atomic E-state index is 3.29. The fourth-order valence-electron chi connectivity index (χ4n) is 2.70. The molecule has 1 saturated carbocycles. The van der Waals surface area contributed by atoms with Crippen molar-refractivity contribution in [1.82, 2.24) is 5.32 Å². The summed E-state index contributed by atoms with van der Waals surface area (Å²) in [7, 11) is 2.05. The van der Waals surface area contributed by atoms with Crippen molar-refractivity contribution in [3.63, 3.8) is 0 Å². The van der Waals surface area contributed by atoms with E-state index in [1.54, 1.807) is 5.56 Å². The molecule has 2 rings (SSSR count). The minimum Gasteiger partial charge on any atom is -0.320 e. The average Bonchev–Trinajstić information content (AvgIpc) is 3.13. The van der Waals surface area contributed by atoms with Crippen LogP contribution in [-0.2, 0) is 5.41 Å². The average molecular weight is 245 g/mol. The molecule has 0 heterocycles. The van der Waals surface area contributed by atoms with E-state index < -0.39 is 0 Å². The van der Waals surface area contributed by atoms with E-state index in [4.69, 9.17) is 0 Å². The summed E-state index contributed by atoms with van der Waals surface area (Å²) in [5.74, 6) is 1.71. The Morgan fingerprint density at radius 1 is 1.17 bits per heavy atom. The van der Waals surface area contributed by atoms with E-state index in [0.29, 0.717) is 0 Å². The number of hydrogen-bond acceptors (Lipinski definition) is 1. The van der Waals surface area contributed by atoms with Crippen LogP contribution in [0.5, 0.6) is 0 Å². The van der Waals surface area contributed by atoms with E-state index in [1.165, 1.54) is 24.8 Å². The van der Waals surface area contributed by atoms with Crippen molar-refractivity contribution < 1.29 is 0 Å². The van der Waals surface area contributed by atoms with Gasteiger partial charge in [0.15, 0.2) is 0 Å². The highest BCUT2D eigenvalue weighted by Gasteiger charge is 2.31. The second kappa shape index (κ2) is 5.44. The smallest absolute Gasteiger partial charge is 0.00460 e. The maximum Gasteiger partial charge on any atom is -0.00460 e. The minimum atomic E-state index is 0.262. The van der Waals surface area contributed by atoms with Crippen molar-refractivity contribution in [1.29, 1.82) is 0 Å². The highest BCUT2D eigenvalue weighted by atomic mass is 14.8. The molecular weight excluding hydrogens is 218 g/mol. The second-order valence-corrected chi connectivity index (χ2v) is 6.71. The zero-order valence-corrected chi connectivity index (χ0v) is 12.3. The first-order valence-corrected chi connectivity index (χ1v) is 7.27. The van der Waals surface area contributed by atoms with Gasteiger partial charge in [-0.1, -0.05) is 45.0 Å². The first kappa shape index (κ1) is 13.6. The molecule has 0 radical (unpaired) electrons. The van der Waals surface area contributed by atoms with Crippen molar-refractivity contribution in [2.24, 2.45) is 5.92 Å². The molecule has 100 valence electrons. The van der Waals surface area contributed by atoms with Gasteiger partial charge in [0.2, 0.25) is 0 Å². The predicted octanol–water partition coefficient (Wildman–Crippen LogP) is 4.09. The van der Waals surface area contributed by atoms with Crippen LogP contribution >= 0.6 is 0 Å². The zero-order valence-electron chi connectivity index (χ0n) is 12.3. The van der Waals surface area contributed by atoms with Crippen LogP contribution in [-0.4, -0.2) is 13.6 Å². The zero-order chi connectivity index (χ0) is 13.2. The van der Waals surface area contributed by atoms with Crippen LogP contribution in [0, 0.1) is 5.92 Å². The highest BCUT2D eigenvalue weighted by molar-refractivity contribution is 5.30. The number of nitrogens with one attached hydrogen (secondary N) is 1. The molecule has 1 unspecified atom stereocenters. The largest absolute Gasteiger partial charge is 0.320 e. The summed E-state index contributed by atoms with van der Waals surface area (Å²) < 4.78 is 0. The molecule has 0 amide bonds. The molecule has 1 heteroatoms. The monoisotopic (exact) mass is 245 g/mol. The van der Waals surface area contributed by atoms with Gasteiger partial charge in [-0.05, 0) is 61.2 Å². The molecule has 0 bridgehead atoms. The van der Waals surface area contributed by atoms with Gasteiger partial charge in [0.1, 0.15) is 0 Å². The van der Waals surface area contributed by atoms with Gasteiger partial charge in [0.05, 0.1) is 0 Å². The second-order valence-electron chi connectivity index (χ2n) is 6.71. The Hall–Kier alpha value is -0.820. The van der Waals surface area contributed by atoms with E-state index >= 15 is 0 Å². The van der Waals surface area contributed by atoms with Gasteiger partial charge < -0.3 is 5.32 Å². The van der Waals surface area contributed by atoms with Gasteiger partial charge in [-0.15, -0.1) is 0 Å². The quantitative estimate of drug-likeness (QED) is 0.824. The molecule has 1 N–H and O–H groups in total. The van der Waals surface area contributed by atoms with Crippen LogP contribution in [0.15, 0.2) is 24.3 Å². The Balaban J connectivity index is 2.11. The van der Waals surface area contributed by atoms with E-state index in [0.717, 1.165) is 18.4 Å². The molecule has 18 heavy (non-hydrogen) atoms. The van der Waals surface area contributed by atoms with Crippen LogP contribution in [0.4, 0.5) is 0 Å². The first-order valence-electron chi connectivity index (χ1n) is 7.27. The summed E-state index contributed by atoms with van der Waals surface area (Å²) in [5, 5.41) is 3.29. The van der Waals surface area contributed by atoms with E-state index in [-0.39, 0.29) is 5.41 Å². The summed E-state index contributed by atoms with van der Waals surface area (Å²) in [5.41, 5.74) is 3.24. The van der Waals surface area contributed by atoms with Crippen LogP contribution in [0.2, 0.25) is 0 Å². The fraction of sp³-hybridized carbons (Fsp3) is 0.647. The third-order valence-corrected chi connectivity index (χ3v) is 4.10. The Morgan fingerprint density at radius 2 is 1.78 bits per heavy atom. The standard InChI is InChI=1S/C17H27N/c1-17(2,3)15-9-7-14(8-10-15)16(11-12-18-4)13-5-6-13/h7-10,13,16,18H,5-6,11-12H2,1-4H3. The Kier molecular flexibility index (Phi) is 4.11. The normalized spacial score (nSPS) is 17.8. The molecule has 1 aliphatic rings. The lowest BCUT2D eigenvalue weighted by atomic mass is 9.84. The van der Waals surface area contributed by atoms with Crippen LogP contribution < -0.4 is 5.32 Å². The van der Waals surface area contributed by atoms with E-state index in [2.05, 4.69) is 50.4 Å². The number of rotatable bonds is 5. The van der Waals surface area contributed by atoms with Gasteiger partial charge in [0, 0.05) is 0 Å². The molecular formula is C17H27N. The molecule has 0 spiro atoms. The highest BCUT2D eigenvalue weighted by Crippen LogP contribution is 2.44. The van der Waals surface area contributed by atoms with Crippen LogP contribution in [0.1, 0.15) is 57.1 Å². The van der Waals surface area contributed by atoms with Crippen molar-refractivity contribution in [3.8, 4) is 0 Å². The SMILES string of the molecule is CNCCC(c1ccc(C(C)(C)C)cc1)C1CC1. The van der Waals surface area contributed by atoms with Crippen LogP contribution in [0.25, 0.3) is 0 Å². The molecule has 0 aromatic heterocycles. The topological polar surface area (TPSA) is 12.0 Å². The van der Waals surface area contributed by atoms with Gasteiger partial charge in [-0.3, -0.25) is 0 Å². The summed E-state index contributed by atoms with van der Waals surface area (Å²) in [6, 6.07) is 9.37. The lowest BCUT2D eigenvalue weighted by Gasteiger charge is -2.21.